The third-order valence-corrected chi connectivity index (χ3v) is 9.35. The fraction of sp³-hybridized carbons (Fsp3) is 0.500. The summed E-state index contributed by atoms with van der Waals surface area (Å²) in [6, 6.07) is 13.9. The Morgan fingerprint density at radius 3 is 2.35 bits per heavy atom. The fourth-order valence-electron chi connectivity index (χ4n) is 6.42. The second-order valence-corrected chi connectivity index (χ2v) is 13.8. The largest absolute Gasteiger partial charge is 0.493 e. The minimum atomic E-state index is -2.11. The average molecular weight is 671 g/mol. The van der Waals surface area contributed by atoms with Crippen LogP contribution in [-0.4, -0.2) is 53.5 Å². The van der Waals surface area contributed by atoms with E-state index in [2.05, 4.69) is 37.9 Å². The molecular formula is C38H50N6O5. The lowest BCUT2D eigenvalue weighted by Gasteiger charge is -2.40. The van der Waals surface area contributed by atoms with Gasteiger partial charge in [-0.3, -0.25) is 9.59 Å². The van der Waals surface area contributed by atoms with E-state index < -0.39 is 28.8 Å². The highest BCUT2D eigenvalue weighted by molar-refractivity contribution is 6.15. The van der Waals surface area contributed by atoms with Crippen LogP contribution < -0.4 is 25.4 Å². The maximum atomic E-state index is 14.2. The maximum Gasteiger partial charge on any atom is 0.329 e. The van der Waals surface area contributed by atoms with Gasteiger partial charge >= 0.3 is 17.8 Å². The zero-order chi connectivity index (χ0) is 35.5. The monoisotopic (exact) mass is 670 g/mol. The number of nitrogens with one attached hydrogen (secondary N) is 1. The van der Waals surface area contributed by atoms with Crippen LogP contribution in [0.1, 0.15) is 91.0 Å². The van der Waals surface area contributed by atoms with E-state index in [1.54, 1.807) is 0 Å². The molecule has 0 bridgehead atoms. The van der Waals surface area contributed by atoms with Gasteiger partial charge in [-0.15, -0.1) is 0 Å². The van der Waals surface area contributed by atoms with Crippen molar-refractivity contribution < 1.29 is 19.1 Å². The Morgan fingerprint density at radius 2 is 1.73 bits per heavy atom. The lowest BCUT2D eigenvalue weighted by molar-refractivity contribution is -0.157. The molecule has 262 valence electrons. The molecule has 11 nitrogen and oxygen atoms in total. The quantitative estimate of drug-likeness (QED) is 0.210. The molecule has 2 aliphatic rings. The van der Waals surface area contributed by atoms with Crippen molar-refractivity contribution >= 4 is 35.0 Å². The number of anilines is 2. The smallest absolute Gasteiger partial charge is 0.329 e. The van der Waals surface area contributed by atoms with Crippen molar-refractivity contribution in [2.75, 3.05) is 36.0 Å². The van der Waals surface area contributed by atoms with Crippen LogP contribution in [0.15, 0.2) is 58.3 Å². The molecule has 1 aromatic heterocycles. The number of unbranched alkanes of at least 4 members (excludes halogenated alkanes) is 1. The lowest BCUT2D eigenvalue weighted by Crippen LogP contribution is -2.62. The maximum absolute atomic E-state index is 14.2. The van der Waals surface area contributed by atoms with Gasteiger partial charge in [0.25, 0.3) is 5.56 Å². The molecule has 3 heterocycles. The summed E-state index contributed by atoms with van der Waals surface area (Å²) in [6.07, 6.45) is 4.45. The topological polar surface area (TPSA) is 118 Å². The molecule has 49 heavy (non-hydrogen) atoms. The first-order valence-corrected chi connectivity index (χ1v) is 17.5. The lowest BCUT2D eigenvalue weighted by atomic mass is 9.92. The number of carbonyl (C=O) groups is 2. The highest BCUT2D eigenvalue weighted by Gasteiger charge is 2.58. The highest BCUT2D eigenvalue weighted by Crippen LogP contribution is 2.43. The summed E-state index contributed by atoms with van der Waals surface area (Å²) in [5.74, 6) is -1.65. The number of carbonyl (C=O) groups excluding carboxylic acids is 2. The molecule has 2 amide bonds. The summed E-state index contributed by atoms with van der Waals surface area (Å²) in [6.45, 7) is 18.1. The van der Waals surface area contributed by atoms with Crippen LogP contribution in [0.3, 0.4) is 0 Å². The average Bonchev–Trinajstić information content (AvgIpc) is 3.33. The van der Waals surface area contributed by atoms with E-state index in [0.29, 0.717) is 35.2 Å². The second-order valence-electron chi connectivity index (χ2n) is 13.8. The number of aliphatic imine (C=N–C) groups is 1. The van der Waals surface area contributed by atoms with Crippen molar-refractivity contribution in [1.82, 2.24) is 14.9 Å². The minimum Gasteiger partial charge on any atom is -0.493 e. The number of esters is 1. The van der Waals surface area contributed by atoms with Gasteiger partial charge in [0.15, 0.2) is 0 Å². The number of benzene rings is 2. The molecule has 2 unspecified atom stereocenters. The van der Waals surface area contributed by atoms with Gasteiger partial charge in [-0.2, -0.15) is 0 Å². The minimum absolute atomic E-state index is 0.0411. The van der Waals surface area contributed by atoms with Gasteiger partial charge in [0.1, 0.15) is 18.0 Å². The first-order chi connectivity index (χ1) is 23.4. The summed E-state index contributed by atoms with van der Waals surface area (Å²) < 4.78 is 13.7. The van der Waals surface area contributed by atoms with Crippen molar-refractivity contribution in [3.8, 4) is 5.75 Å². The summed E-state index contributed by atoms with van der Waals surface area (Å²) in [5.41, 5.74) is 2.45. The molecule has 2 atom stereocenters. The summed E-state index contributed by atoms with van der Waals surface area (Å²) in [4.78, 5) is 55.1. The predicted octanol–water partition coefficient (Wildman–Crippen LogP) is 6.81. The van der Waals surface area contributed by atoms with Crippen LogP contribution in [0.2, 0.25) is 0 Å². The van der Waals surface area contributed by atoms with Crippen LogP contribution in [0.5, 0.6) is 5.75 Å². The fourth-order valence-corrected chi connectivity index (χ4v) is 6.42. The van der Waals surface area contributed by atoms with E-state index in [1.165, 1.54) is 15.5 Å². The Bertz CT molecular complexity index is 1770. The van der Waals surface area contributed by atoms with Crippen LogP contribution in [-0.2, 0) is 20.8 Å². The van der Waals surface area contributed by atoms with Gasteiger partial charge in [-0.1, -0.05) is 53.9 Å². The summed E-state index contributed by atoms with van der Waals surface area (Å²) in [7, 11) is 0. The van der Waals surface area contributed by atoms with Gasteiger partial charge in [0.2, 0.25) is 5.95 Å². The number of amides is 2. The Hall–Kier alpha value is -4.67. The Labute approximate surface area is 289 Å². The standard InChI is InChI=1S/C38H50N6O5/c1-9-13-14-26(10-2)24-48-29-18-15-27(16-19-29)34-38(44-32(45)22-31(37(6,7)8)40-35(44)41-34)43(36(47)39-23-33(46)49-38)30-20-17-28(21-25(30)5)42(11-3)12-4/h15-22,26H,9-14,23-24H2,1-8H3,(H,39,47). The van der Waals surface area contributed by atoms with Gasteiger partial charge < -0.3 is 19.7 Å². The predicted molar refractivity (Wildman–Crippen MR) is 193 cm³/mol. The van der Waals surface area contributed by atoms with Gasteiger partial charge in [-0.25, -0.2) is 24.2 Å². The molecule has 0 aliphatic carbocycles. The molecular weight excluding hydrogens is 620 g/mol. The van der Waals surface area contributed by atoms with E-state index in [9.17, 15) is 14.4 Å². The first kappa shape index (κ1) is 35.6. The van der Waals surface area contributed by atoms with Crippen LogP contribution in [0.4, 0.5) is 22.1 Å². The molecule has 3 aromatic rings. The van der Waals surface area contributed by atoms with Crippen molar-refractivity contribution in [3.63, 3.8) is 0 Å². The van der Waals surface area contributed by atoms with Crippen molar-refractivity contribution in [2.24, 2.45) is 10.9 Å². The van der Waals surface area contributed by atoms with E-state index in [1.807, 2.05) is 70.2 Å². The normalized spacial score (nSPS) is 18.0. The van der Waals surface area contributed by atoms with Crippen molar-refractivity contribution in [1.29, 1.82) is 0 Å². The van der Waals surface area contributed by atoms with Gasteiger partial charge in [0.05, 0.1) is 18.0 Å². The number of aryl methyl sites for hydroxylation is 1. The van der Waals surface area contributed by atoms with Crippen LogP contribution in [0.25, 0.3) is 0 Å². The van der Waals surface area contributed by atoms with E-state index in [-0.39, 0.29) is 18.2 Å². The summed E-state index contributed by atoms with van der Waals surface area (Å²) in [5, 5.41) is 2.69. The summed E-state index contributed by atoms with van der Waals surface area (Å²) >= 11 is 0. The van der Waals surface area contributed by atoms with E-state index in [4.69, 9.17) is 19.5 Å². The van der Waals surface area contributed by atoms with Crippen molar-refractivity contribution in [2.45, 2.75) is 92.3 Å². The van der Waals surface area contributed by atoms with Crippen molar-refractivity contribution in [3.05, 3.63) is 75.7 Å². The molecule has 2 aliphatic heterocycles. The first-order valence-electron chi connectivity index (χ1n) is 17.5. The number of nitrogens with zero attached hydrogens (tertiary/aromatic N) is 5. The number of aromatic nitrogens is 2. The number of fused-ring (bicyclic) bond motifs is 2. The third-order valence-electron chi connectivity index (χ3n) is 9.35. The third kappa shape index (κ3) is 6.93. The zero-order valence-corrected chi connectivity index (χ0v) is 30.1. The number of rotatable bonds is 12. The SMILES string of the molecule is CCCCC(CC)COc1ccc(C2=Nc3nc(C(C)(C)C)cc(=O)n3C23OC(=O)CNC(=O)N3c2ccc(N(CC)CC)cc2C)cc1. The molecule has 5 rings (SSSR count). The Kier molecular flexibility index (Phi) is 10.5. The molecule has 0 radical (unpaired) electrons. The molecule has 1 fully saturated rings. The highest BCUT2D eigenvalue weighted by atomic mass is 16.6. The van der Waals surface area contributed by atoms with Gasteiger partial charge in [-0.05, 0) is 81.1 Å². The zero-order valence-electron chi connectivity index (χ0n) is 30.1. The molecule has 1 saturated heterocycles. The molecule has 0 saturated carbocycles. The second kappa shape index (κ2) is 14.4. The number of hydrogen-bond donors (Lipinski definition) is 1. The number of ether oxygens (including phenoxy) is 2. The van der Waals surface area contributed by atoms with Crippen LogP contribution in [0, 0.1) is 12.8 Å². The number of urea groups is 1. The van der Waals surface area contributed by atoms with Gasteiger partial charge in [0, 0.05) is 35.8 Å². The molecule has 1 N–H and O–H groups in total. The van der Waals surface area contributed by atoms with Crippen LogP contribution >= 0.6 is 0 Å². The molecule has 11 heteroatoms. The van der Waals surface area contributed by atoms with E-state index in [0.717, 1.165) is 50.0 Å². The Balaban J connectivity index is 1.69. The van der Waals surface area contributed by atoms with E-state index >= 15 is 0 Å². The Morgan fingerprint density at radius 1 is 1.02 bits per heavy atom. The number of hydrogen-bond acceptors (Lipinski definition) is 8. The molecule has 2 aromatic carbocycles. The molecule has 1 spiro atoms.